The van der Waals surface area contributed by atoms with Gasteiger partial charge in [0.05, 0.1) is 0 Å². The van der Waals surface area contributed by atoms with E-state index >= 15 is 0 Å². The van der Waals surface area contributed by atoms with Crippen LogP contribution in [-0.4, -0.2) is 25.4 Å². The highest BCUT2D eigenvalue weighted by molar-refractivity contribution is 6.84. The Morgan fingerprint density at radius 1 is 0.692 bits per heavy atom. The first-order chi connectivity index (χ1) is 5.41. The van der Waals surface area contributed by atoms with Crippen molar-refractivity contribution < 1.29 is 13.0 Å². The zero-order valence-electron chi connectivity index (χ0n) is 9.72. The Morgan fingerprint density at radius 2 is 0.923 bits per heavy atom. The van der Waals surface area contributed by atoms with Crippen molar-refractivity contribution in [2.45, 2.75) is 45.8 Å². The van der Waals surface area contributed by atoms with E-state index in [4.69, 9.17) is 8.23 Å². The van der Waals surface area contributed by atoms with E-state index in [0.29, 0.717) is 0 Å². The van der Waals surface area contributed by atoms with E-state index in [0.717, 1.165) is 0 Å². The second kappa shape index (κ2) is 3.95. The van der Waals surface area contributed by atoms with Crippen LogP contribution in [0.5, 0.6) is 0 Å². The van der Waals surface area contributed by atoms with Crippen LogP contribution in [0, 0.1) is 0 Å². The quantitative estimate of drug-likeness (QED) is 0.705. The molecule has 0 aromatic rings. The summed E-state index contributed by atoms with van der Waals surface area (Å²) < 4.78 is 11.1. The summed E-state index contributed by atoms with van der Waals surface area (Å²) in [5.41, 5.74) is 0. The molecule has 6 heteroatoms. The van der Waals surface area contributed by atoms with Crippen LogP contribution in [0.15, 0.2) is 0 Å². The fourth-order valence-corrected chi connectivity index (χ4v) is 10.6. The Balaban J connectivity index is 4.25. The Bertz CT molecular complexity index is 151. The molecule has 0 bridgehead atoms. The highest BCUT2D eigenvalue weighted by Gasteiger charge is 2.41. The second-order valence-electron chi connectivity index (χ2n) is 5.29. The fourth-order valence-electron chi connectivity index (χ4n) is 1.13. The van der Waals surface area contributed by atoms with Gasteiger partial charge in [0.25, 0.3) is 0 Å². The standard InChI is InChI=1S/C7H21O3Si3/c1-11(2,3)9-13(7,8)10-12(4,5)6/h1-7H3. The molecule has 3 nitrogen and oxygen atoms in total. The summed E-state index contributed by atoms with van der Waals surface area (Å²) in [4.78, 5) is 11.9. The van der Waals surface area contributed by atoms with Crippen molar-refractivity contribution in [2.75, 3.05) is 0 Å². The summed E-state index contributed by atoms with van der Waals surface area (Å²) in [7, 11) is -6.59. The maximum Gasteiger partial charge on any atom is 0.505 e. The average molecular weight is 237 g/mol. The van der Waals surface area contributed by atoms with Gasteiger partial charge in [0.1, 0.15) is 0 Å². The van der Waals surface area contributed by atoms with E-state index in [1.54, 1.807) is 6.55 Å². The molecular weight excluding hydrogens is 216 g/mol. The fraction of sp³-hybridized carbons (Fsp3) is 1.00. The lowest BCUT2D eigenvalue weighted by molar-refractivity contribution is 0.207. The summed E-state index contributed by atoms with van der Waals surface area (Å²) in [6, 6.07) is 0. The summed E-state index contributed by atoms with van der Waals surface area (Å²) in [6.07, 6.45) is 0. The maximum absolute atomic E-state index is 11.9. The lowest BCUT2D eigenvalue weighted by Crippen LogP contribution is -2.51. The van der Waals surface area contributed by atoms with Gasteiger partial charge in [0.2, 0.25) is 0 Å². The van der Waals surface area contributed by atoms with Crippen molar-refractivity contribution in [1.82, 2.24) is 0 Å². The van der Waals surface area contributed by atoms with Crippen molar-refractivity contribution >= 4 is 25.4 Å². The molecule has 0 fully saturated rings. The van der Waals surface area contributed by atoms with Gasteiger partial charge in [0, 0.05) is 6.55 Å². The minimum absolute atomic E-state index is 1.60. The van der Waals surface area contributed by atoms with Crippen molar-refractivity contribution in [3.63, 3.8) is 0 Å². The van der Waals surface area contributed by atoms with Crippen LogP contribution in [0.2, 0.25) is 45.8 Å². The highest BCUT2D eigenvalue weighted by atomic mass is 28.5. The Kier molecular flexibility index (Phi) is 4.11. The number of hydrogen-bond donors (Lipinski definition) is 0. The van der Waals surface area contributed by atoms with E-state index in [1.807, 2.05) is 39.3 Å². The van der Waals surface area contributed by atoms with Crippen LogP contribution in [0.3, 0.4) is 0 Å². The molecule has 0 heterocycles. The summed E-state index contributed by atoms with van der Waals surface area (Å²) in [6.45, 7) is 13.7. The molecule has 1 radical (unpaired) electrons. The third-order valence-corrected chi connectivity index (χ3v) is 8.85. The van der Waals surface area contributed by atoms with Gasteiger partial charge in [-0.25, -0.2) is 4.80 Å². The summed E-state index contributed by atoms with van der Waals surface area (Å²) in [5.74, 6) is 0. The van der Waals surface area contributed by atoms with Gasteiger partial charge >= 0.3 is 8.80 Å². The normalized spacial score (nSPS) is 14.8. The van der Waals surface area contributed by atoms with Crippen molar-refractivity contribution in [3.05, 3.63) is 0 Å². The topological polar surface area (TPSA) is 38.4 Å². The number of hydrogen-bond acceptors (Lipinski definition) is 2. The van der Waals surface area contributed by atoms with Crippen LogP contribution >= 0.6 is 0 Å². The minimum Gasteiger partial charge on any atom is -0.415 e. The average Bonchev–Trinajstić information content (AvgIpc) is 1.43. The Labute approximate surface area is 84.7 Å². The molecule has 0 saturated heterocycles. The van der Waals surface area contributed by atoms with Crippen molar-refractivity contribution in [3.8, 4) is 0 Å². The molecule has 0 aromatic carbocycles. The smallest absolute Gasteiger partial charge is 0.415 e. The Morgan fingerprint density at radius 3 is 1.08 bits per heavy atom. The van der Waals surface area contributed by atoms with Crippen LogP contribution in [0.25, 0.3) is 0 Å². The minimum atomic E-state index is -3.10. The zero-order chi connectivity index (χ0) is 10.9. The predicted octanol–water partition coefficient (Wildman–Crippen LogP) is 2.69. The van der Waals surface area contributed by atoms with Gasteiger partial charge < -0.3 is 8.23 Å². The molecule has 79 valence electrons. The van der Waals surface area contributed by atoms with E-state index in [2.05, 4.69) is 0 Å². The SMILES string of the molecule is C[Si](C)(C)O[Si](C)([O])O[Si](C)(C)C. The van der Waals surface area contributed by atoms with E-state index in [1.165, 1.54) is 0 Å². The van der Waals surface area contributed by atoms with Crippen molar-refractivity contribution in [2.24, 2.45) is 0 Å². The first-order valence-corrected chi connectivity index (χ1v) is 13.6. The van der Waals surface area contributed by atoms with E-state index in [9.17, 15) is 4.80 Å². The molecule has 0 aliphatic carbocycles. The van der Waals surface area contributed by atoms with E-state index < -0.39 is 25.4 Å². The van der Waals surface area contributed by atoms with Gasteiger partial charge in [-0.1, -0.05) is 0 Å². The summed E-state index contributed by atoms with van der Waals surface area (Å²) >= 11 is 0. The van der Waals surface area contributed by atoms with Gasteiger partial charge in [-0.05, 0) is 39.3 Å². The third-order valence-electron chi connectivity index (χ3n) is 0.983. The molecule has 13 heavy (non-hydrogen) atoms. The second-order valence-corrected chi connectivity index (χ2v) is 17.1. The maximum atomic E-state index is 11.9. The highest BCUT2D eigenvalue weighted by Crippen LogP contribution is 2.18. The predicted molar refractivity (Wildman–Crippen MR) is 61.2 cm³/mol. The molecular formula is C7H21O3Si3. The lowest BCUT2D eigenvalue weighted by Gasteiger charge is -2.31. The molecule has 0 N–H and O–H groups in total. The molecule has 0 rings (SSSR count). The van der Waals surface area contributed by atoms with Crippen LogP contribution in [-0.2, 0) is 13.0 Å². The van der Waals surface area contributed by atoms with Crippen LogP contribution < -0.4 is 0 Å². The molecule has 0 aliphatic heterocycles. The zero-order valence-corrected chi connectivity index (χ0v) is 12.7. The van der Waals surface area contributed by atoms with Gasteiger partial charge in [0.15, 0.2) is 16.6 Å². The lowest BCUT2D eigenvalue weighted by atomic mass is 11.8. The van der Waals surface area contributed by atoms with Gasteiger partial charge in [-0.3, -0.25) is 0 Å². The van der Waals surface area contributed by atoms with Gasteiger partial charge in [-0.2, -0.15) is 0 Å². The van der Waals surface area contributed by atoms with Crippen LogP contribution in [0.1, 0.15) is 0 Å². The van der Waals surface area contributed by atoms with Gasteiger partial charge in [-0.15, -0.1) is 0 Å². The van der Waals surface area contributed by atoms with Crippen molar-refractivity contribution in [1.29, 1.82) is 0 Å². The molecule has 0 spiro atoms. The van der Waals surface area contributed by atoms with E-state index in [-0.39, 0.29) is 0 Å². The molecule has 0 atom stereocenters. The van der Waals surface area contributed by atoms with Crippen LogP contribution in [0.4, 0.5) is 0 Å². The first-order valence-electron chi connectivity index (χ1n) is 4.52. The molecule has 0 amide bonds. The number of rotatable bonds is 4. The Hall–Kier alpha value is 0.531. The largest absolute Gasteiger partial charge is 0.505 e. The molecule has 0 saturated carbocycles. The molecule has 0 aromatic heterocycles. The summed E-state index contributed by atoms with van der Waals surface area (Å²) in [5, 5.41) is 0. The third kappa shape index (κ3) is 8.85. The first kappa shape index (κ1) is 13.5. The molecule has 0 aliphatic rings. The monoisotopic (exact) mass is 237 g/mol. The molecule has 0 unspecified atom stereocenters.